The highest BCUT2D eigenvalue weighted by Crippen LogP contribution is 2.22. The monoisotopic (exact) mass is 166 g/mol. The van der Waals surface area contributed by atoms with E-state index in [1.807, 2.05) is 0 Å². The van der Waals surface area contributed by atoms with Gasteiger partial charge in [-0.3, -0.25) is 4.79 Å². The molecule has 1 aromatic rings. The van der Waals surface area contributed by atoms with Crippen LogP contribution >= 0.6 is 0 Å². The van der Waals surface area contributed by atoms with E-state index in [9.17, 15) is 9.90 Å². The predicted octanol–water partition coefficient (Wildman–Crippen LogP) is 0.382. The van der Waals surface area contributed by atoms with Gasteiger partial charge >= 0.3 is 0 Å². The Labute approximate surface area is 69.8 Å². The molecular weight excluding hydrogens is 156 g/mol. The summed E-state index contributed by atoms with van der Waals surface area (Å²) in [4.78, 5) is 10.7. The summed E-state index contributed by atoms with van der Waals surface area (Å²) in [7, 11) is 0. The largest absolute Gasteiger partial charge is 0.507 e. The molecule has 1 amide bonds. The van der Waals surface area contributed by atoms with Crippen LogP contribution in [0.4, 0.5) is 5.69 Å². The van der Waals surface area contributed by atoms with Crippen molar-refractivity contribution < 1.29 is 9.90 Å². The Morgan fingerprint density at radius 1 is 1.50 bits per heavy atom. The number of aryl methyl sites for hydroxylation is 1. The molecule has 0 heterocycles. The minimum atomic E-state index is -0.657. The van der Waals surface area contributed by atoms with Crippen LogP contribution in [0.3, 0.4) is 0 Å². The number of primary amides is 1. The third kappa shape index (κ3) is 1.32. The zero-order valence-corrected chi connectivity index (χ0v) is 6.66. The zero-order valence-electron chi connectivity index (χ0n) is 6.66. The quantitative estimate of drug-likeness (QED) is 0.527. The summed E-state index contributed by atoms with van der Waals surface area (Å²) in [5, 5.41) is 9.21. The number of carbonyl (C=O) groups excluding carboxylic acids is 1. The molecule has 5 N–H and O–H groups in total. The fourth-order valence-electron chi connectivity index (χ4n) is 0.910. The van der Waals surface area contributed by atoms with Crippen LogP contribution in [0.15, 0.2) is 12.1 Å². The van der Waals surface area contributed by atoms with Gasteiger partial charge in [0.2, 0.25) is 0 Å². The maximum Gasteiger partial charge on any atom is 0.252 e. The van der Waals surface area contributed by atoms with Crippen LogP contribution < -0.4 is 11.5 Å². The number of hydrogen-bond acceptors (Lipinski definition) is 3. The summed E-state index contributed by atoms with van der Waals surface area (Å²) in [6.45, 7) is 1.74. The summed E-state index contributed by atoms with van der Waals surface area (Å²) in [6.07, 6.45) is 0. The van der Waals surface area contributed by atoms with Crippen LogP contribution in [0.25, 0.3) is 0 Å². The molecule has 0 aromatic heterocycles. The number of carbonyl (C=O) groups is 1. The molecule has 1 rings (SSSR count). The van der Waals surface area contributed by atoms with E-state index >= 15 is 0 Å². The predicted molar refractivity (Wildman–Crippen MR) is 45.8 cm³/mol. The van der Waals surface area contributed by atoms with Gasteiger partial charge in [0.15, 0.2) is 0 Å². The topological polar surface area (TPSA) is 89.3 Å². The van der Waals surface area contributed by atoms with Crippen LogP contribution in [-0.2, 0) is 0 Å². The highest BCUT2D eigenvalue weighted by Gasteiger charge is 2.08. The van der Waals surface area contributed by atoms with Crippen molar-refractivity contribution in [1.82, 2.24) is 0 Å². The number of nitrogens with two attached hydrogens (primary N) is 2. The van der Waals surface area contributed by atoms with Crippen molar-refractivity contribution in [2.45, 2.75) is 6.92 Å². The summed E-state index contributed by atoms with van der Waals surface area (Å²) in [5.41, 5.74) is 11.7. The molecule has 0 saturated carbocycles. The fourth-order valence-corrected chi connectivity index (χ4v) is 0.910. The molecule has 4 heteroatoms. The van der Waals surface area contributed by atoms with Crippen molar-refractivity contribution in [1.29, 1.82) is 0 Å². The molecule has 1 aromatic carbocycles. The Hall–Kier alpha value is -1.71. The first-order chi connectivity index (χ1) is 5.52. The normalized spacial score (nSPS) is 9.75. The van der Waals surface area contributed by atoms with E-state index in [4.69, 9.17) is 11.5 Å². The van der Waals surface area contributed by atoms with Crippen LogP contribution in [-0.4, -0.2) is 11.0 Å². The van der Waals surface area contributed by atoms with Crippen molar-refractivity contribution in [2.75, 3.05) is 5.73 Å². The van der Waals surface area contributed by atoms with Gasteiger partial charge in [-0.05, 0) is 18.6 Å². The Bertz CT molecular complexity index is 334. The Morgan fingerprint density at radius 2 is 2.08 bits per heavy atom. The van der Waals surface area contributed by atoms with Gasteiger partial charge < -0.3 is 16.6 Å². The molecule has 12 heavy (non-hydrogen) atoms. The van der Waals surface area contributed by atoms with Crippen LogP contribution in [0, 0.1) is 6.92 Å². The van der Waals surface area contributed by atoms with Gasteiger partial charge in [-0.15, -0.1) is 0 Å². The van der Waals surface area contributed by atoms with Crippen LogP contribution in [0.2, 0.25) is 0 Å². The van der Waals surface area contributed by atoms with Gasteiger partial charge in [-0.1, -0.05) is 0 Å². The molecule has 0 aliphatic heterocycles. The first kappa shape index (κ1) is 8.39. The second-order valence-electron chi connectivity index (χ2n) is 2.59. The van der Waals surface area contributed by atoms with Crippen molar-refractivity contribution >= 4 is 11.6 Å². The van der Waals surface area contributed by atoms with E-state index in [2.05, 4.69) is 0 Å². The third-order valence-electron chi connectivity index (χ3n) is 1.65. The number of anilines is 1. The van der Waals surface area contributed by atoms with Crippen LogP contribution in [0.1, 0.15) is 15.9 Å². The Balaban J connectivity index is 3.33. The number of hydrogen-bond donors (Lipinski definition) is 3. The van der Waals surface area contributed by atoms with Crippen molar-refractivity contribution in [3.8, 4) is 5.75 Å². The highest BCUT2D eigenvalue weighted by atomic mass is 16.3. The lowest BCUT2D eigenvalue weighted by Crippen LogP contribution is -2.11. The smallest absolute Gasteiger partial charge is 0.252 e. The summed E-state index contributed by atoms with van der Waals surface area (Å²) in [6, 6.07) is 2.78. The highest BCUT2D eigenvalue weighted by molar-refractivity contribution is 5.96. The molecule has 64 valence electrons. The number of benzene rings is 1. The second-order valence-corrected chi connectivity index (χ2v) is 2.59. The summed E-state index contributed by atoms with van der Waals surface area (Å²) >= 11 is 0. The number of aromatic hydroxyl groups is 1. The van der Waals surface area contributed by atoms with Gasteiger partial charge in [-0.2, -0.15) is 0 Å². The average molecular weight is 166 g/mol. The molecule has 0 spiro atoms. The Morgan fingerprint density at radius 3 is 2.58 bits per heavy atom. The van der Waals surface area contributed by atoms with E-state index < -0.39 is 5.91 Å². The standard InChI is InChI=1S/C8H10N2O2/c1-4-2-5(8(10)12)7(11)3-6(4)9/h2-3,11H,9H2,1H3,(H2,10,12). The van der Waals surface area contributed by atoms with E-state index in [-0.39, 0.29) is 11.3 Å². The summed E-state index contributed by atoms with van der Waals surface area (Å²) < 4.78 is 0. The third-order valence-corrected chi connectivity index (χ3v) is 1.65. The maximum atomic E-state index is 10.7. The van der Waals surface area contributed by atoms with E-state index in [1.165, 1.54) is 12.1 Å². The zero-order chi connectivity index (χ0) is 9.30. The second kappa shape index (κ2) is 2.73. The molecule has 0 bridgehead atoms. The molecule has 0 saturated heterocycles. The number of phenols is 1. The average Bonchev–Trinajstić information content (AvgIpc) is 1.96. The van der Waals surface area contributed by atoms with Crippen molar-refractivity contribution in [3.05, 3.63) is 23.3 Å². The van der Waals surface area contributed by atoms with Gasteiger partial charge in [0.05, 0.1) is 5.56 Å². The summed E-state index contributed by atoms with van der Waals surface area (Å²) in [5.74, 6) is -0.832. The molecule has 4 nitrogen and oxygen atoms in total. The molecule has 0 unspecified atom stereocenters. The van der Waals surface area contributed by atoms with Crippen molar-refractivity contribution in [2.24, 2.45) is 5.73 Å². The first-order valence-corrected chi connectivity index (χ1v) is 3.41. The van der Waals surface area contributed by atoms with E-state index in [1.54, 1.807) is 6.92 Å². The first-order valence-electron chi connectivity index (χ1n) is 3.41. The number of nitrogen functional groups attached to an aromatic ring is 1. The minimum Gasteiger partial charge on any atom is -0.507 e. The van der Waals surface area contributed by atoms with E-state index in [0.29, 0.717) is 5.69 Å². The SMILES string of the molecule is Cc1cc(C(N)=O)c(O)cc1N. The number of rotatable bonds is 1. The van der Waals surface area contributed by atoms with E-state index in [0.717, 1.165) is 5.56 Å². The molecule has 0 radical (unpaired) electrons. The maximum absolute atomic E-state index is 10.7. The number of amides is 1. The lowest BCUT2D eigenvalue weighted by molar-refractivity contribution is 0.0997. The van der Waals surface area contributed by atoms with Crippen LogP contribution in [0.5, 0.6) is 5.75 Å². The fraction of sp³-hybridized carbons (Fsp3) is 0.125. The molecular formula is C8H10N2O2. The van der Waals surface area contributed by atoms with Gasteiger partial charge in [0.1, 0.15) is 5.75 Å². The molecule has 0 aliphatic rings. The van der Waals surface area contributed by atoms with Gasteiger partial charge in [0, 0.05) is 11.8 Å². The molecule has 0 fully saturated rings. The Kier molecular flexibility index (Phi) is 1.91. The molecule has 0 atom stereocenters. The van der Waals surface area contributed by atoms with Gasteiger partial charge in [0.25, 0.3) is 5.91 Å². The van der Waals surface area contributed by atoms with Gasteiger partial charge in [-0.25, -0.2) is 0 Å². The molecule has 0 aliphatic carbocycles. The lowest BCUT2D eigenvalue weighted by Gasteiger charge is -2.04. The van der Waals surface area contributed by atoms with Crippen molar-refractivity contribution in [3.63, 3.8) is 0 Å². The minimum absolute atomic E-state index is 0.0988. The lowest BCUT2D eigenvalue weighted by atomic mass is 10.1.